The van der Waals surface area contributed by atoms with Gasteiger partial charge in [0.05, 0.1) is 12.0 Å². The molecule has 1 atom stereocenters. The molecular weight excluding hydrogens is 324 g/mol. The summed E-state index contributed by atoms with van der Waals surface area (Å²) in [5.41, 5.74) is 3.40. The number of halogens is 2. The molecule has 0 spiro atoms. The molecule has 2 aromatic carbocycles. The fraction of sp³-hybridized carbons (Fsp3) is 0.250. The summed E-state index contributed by atoms with van der Waals surface area (Å²) in [5.74, 6) is 0.877. The van der Waals surface area contributed by atoms with E-state index in [-0.39, 0.29) is 5.38 Å². The zero-order valence-electron chi connectivity index (χ0n) is 11.0. The van der Waals surface area contributed by atoms with Crippen molar-refractivity contribution in [2.75, 3.05) is 6.61 Å². The third-order valence-corrected chi connectivity index (χ3v) is 3.97. The second-order valence-electron chi connectivity index (χ2n) is 4.37. The summed E-state index contributed by atoms with van der Waals surface area (Å²) >= 11 is 10.0. The van der Waals surface area contributed by atoms with Gasteiger partial charge in [0.2, 0.25) is 0 Å². The summed E-state index contributed by atoms with van der Waals surface area (Å²) in [5, 5.41) is -0.135. The van der Waals surface area contributed by atoms with E-state index in [1.807, 2.05) is 37.3 Å². The topological polar surface area (TPSA) is 9.23 Å². The van der Waals surface area contributed by atoms with Gasteiger partial charge in [-0.15, -0.1) is 11.6 Å². The van der Waals surface area contributed by atoms with Crippen LogP contribution in [0.5, 0.6) is 5.75 Å². The molecule has 2 rings (SSSR count). The molecule has 0 aliphatic rings. The summed E-state index contributed by atoms with van der Waals surface area (Å²) in [7, 11) is 0. The summed E-state index contributed by atoms with van der Waals surface area (Å²) in [4.78, 5) is 0. The highest BCUT2D eigenvalue weighted by Gasteiger charge is 2.13. The number of benzene rings is 2. The summed E-state index contributed by atoms with van der Waals surface area (Å²) in [6.07, 6.45) is 0. The van der Waals surface area contributed by atoms with Gasteiger partial charge in [0.25, 0.3) is 0 Å². The van der Waals surface area contributed by atoms with Crippen LogP contribution in [0.4, 0.5) is 0 Å². The minimum absolute atomic E-state index is 0.135. The van der Waals surface area contributed by atoms with Gasteiger partial charge in [-0.05, 0) is 54.8 Å². The SMILES string of the molecule is CCOc1ccc(C(Cl)c2ccc(Br)cc2C)cc1. The number of alkyl halides is 1. The molecule has 3 heteroatoms. The molecule has 0 bridgehead atoms. The molecule has 0 saturated carbocycles. The molecule has 1 unspecified atom stereocenters. The Hall–Kier alpha value is -0.990. The van der Waals surface area contributed by atoms with Crippen LogP contribution in [0.3, 0.4) is 0 Å². The first-order valence-electron chi connectivity index (χ1n) is 6.24. The third kappa shape index (κ3) is 3.52. The number of hydrogen-bond acceptors (Lipinski definition) is 1. The van der Waals surface area contributed by atoms with Crippen LogP contribution in [-0.2, 0) is 0 Å². The molecule has 0 aliphatic heterocycles. The molecule has 0 radical (unpaired) electrons. The van der Waals surface area contributed by atoms with E-state index >= 15 is 0 Å². The lowest BCUT2D eigenvalue weighted by Crippen LogP contribution is -1.97. The Morgan fingerprint density at radius 1 is 1.16 bits per heavy atom. The summed E-state index contributed by atoms with van der Waals surface area (Å²) in [6.45, 7) is 4.73. The number of ether oxygens (including phenoxy) is 1. The predicted octanol–water partition coefficient (Wildman–Crippen LogP) is 5.48. The van der Waals surface area contributed by atoms with Crippen molar-refractivity contribution in [2.24, 2.45) is 0 Å². The van der Waals surface area contributed by atoms with Crippen LogP contribution in [0.2, 0.25) is 0 Å². The Kier molecular flexibility index (Phi) is 4.89. The fourth-order valence-corrected chi connectivity index (χ4v) is 2.87. The minimum Gasteiger partial charge on any atom is -0.494 e. The first-order chi connectivity index (χ1) is 9.11. The van der Waals surface area contributed by atoms with Crippen LogP contribution in [0, 0.1) is 6.92 Å². The fourth-order valence-electron chi connectivity index (χ4n) is 2.00. The van der Waals surface area contributed by atoms with E-state index in [9.17, 15) is 0 Å². The second-order valence-corrected chi connectivity index (χ2v) is 5.72. The van der Waals surface area contributed by atoms with E-state index in [1.165, 1.54) is 5.56 Å². The van der Waals surface area contributed by atoms with Crippen LogP contribution in [-0.4, -0.2) is 6.61 Å². The van der Waals surface area contributed by atoms with Gasteiger partial charge in [-0.1, -0.05) is 34.1 Å². The maximum Gasteiger partial charge on any atom is 0.119 e. The van der Waals surface area contributed by atoms with E-state index in [0.29, 0.717) is 6.61 Å². The van der Waals surface area contributed by atoms with Gasteiger partial charge in [0.1, 0.15) is 5.75 Å². The number of hydrogen-bond donors (Lipinski definition) is 0. The van der Waals surface area contributed by atoms with Crippen LogP contribution >= 0.6 is 27.5 Å². The van der Waals surface area contributed by atoms with E-state index in [4.69, 9.17) is 16.3 Å². The maximum atomic E-state index is 6.56. The highest BCUT2D eigenvalue weighted by Crippen LogP contribution is 2.32. The molecule has 0 aromatic heterocycles. The smallest absolute Gasteiger partial charge is 0.119 e. The van der Waals surface area contributed by atoms with Gasteiger partial charge < -0.3 is 4.74 Å². The third-order valence-electron chi connectivity index (χ3n) is 2.99. The Balaban J connectivity index is 2.25. The molecule has 0 heterocycles. The highest BCUT2D eigenvalue weighted by molar-refractivity contribution is 9.10. The lowest BCUT2D eigenvalue weighted by atomic mass is 10.00. The maximum absolute atomic E-state index is 6.56. The average Bonchev–Trinajstić information content (AvgIpc) is 2.39. The average molecular weight is 340 g/mol. The van der Waals surface area contributed by atoms with Crippen LogP contribution < -0.4 is 4.74 Å². The van der Waals surface area contributed by atoms with E-state index in [0.717, 1.165) is 21.3 Å². The Labute approximate surface area is 127 Å². The lowest BCUT2D eigenvalue weighted by molar-refractivity contribution is 0.340. The van der Waals surface area contributed by atoms with Crippen LogP contribution in [0.1, 0.15) is 29.0 Å². The lowest BCUT2D eigenvalue weighted by Gasteiger charge is -2.14. The molecule has 0 fully saturated rings. The summed E-state index contributed by atoms with van der Waals surface area (Å²) < 4.78 is 6.51. The van der Waals surface area contributed by atoms with Crippen molar-refractivity contribution < 1.29 is 4.74 Å². The van der Waals surface area contributed by atoms with Crippen molar-refractivity contribution in [3.05, 3.63) is 63.6 Å². The molecule has 1 nitrogen and oxygen atoms in total. The monoisotopic (exact) mass is 338 g/mol. The second kappa shape index (κ2) is 6.44. The highest BCUT2D eigenvalue weighted by atomic mass is 79.9. The Bertz CT molecular complexity index is 551. The van der Waals surface area contributed by atoms with Gasteiger partial charge in [-0.2, -0.15) is 0 Å². The summed E-state index contributed by atoms with van der Waals surface area (Å²) in [6, 6.07) is 14.1. The van der Waals surface area contributed by atoms with Crippen molar-refractivity contribution in [3.63, 3.8) is 0 Å². The largest absolute Gasteiger partial charge is 0.494 e. The van der Waals surface area contributed by atoms with Crippen molar-refractivity contribution in [3.8, 4) is 5.75 Å². The first kappa shape index (κ1) is 14.4. The zero-order valence-corrected chi connectivity index (χ0v) is 13.3. The molecule has 0 saturated heterocycles. The van der Waals surface area contributed by atoms with Crippen molar-refractivity contribution in [1.82, 2.24) is 0 Å². The van der Waals surface area contributed by atoms with E-state index in [1.54, 1.807) is 0 Å². The normalized spacial score (nSPS) is 12.2. The standard InChI is InChI=1S/C16H16BrClO/c1-3-19-14-7-4-12(5-8-14)16(18)15-9-6-13(17)10-11(15)2/h4-10,16H,3H2,1-2H3. The first-order valence-corrected chi connectivity index (χ1v) is 7.47. The van der Waals surface area contributed by atoms with Gasteiger partial charge in [-0.25, -0.2) is 0 Å². The quantitative estimate of drug-likeness (QED) is 0.670. The molecular formula is C16H16BrClO. The number of rotatable bonds is 4. The molecule has 0 aliphatic carbocycles. The number of aryl methyl sites for hydroxylation is 1. The predicted molar refractivity (Wildman–Crippen MR) is 84.2 cm³/mol. The molecule has 0 amide bonds. The van der Waals surface area contributed by atoms with Gasteiger partial charge in [0, 0.05) is 4.47 Å². The molecule has 0 N–H and O–H groups in total. The Morgan fingerprint density at radius 3 is 2.42 bits per heavy atom. The Morgan fingerprint density at radius 2 is 1.84 bits per heavy atom. The van der Waals surface area contributed by atoms with Crippen LogP contribution in [0.15, 0.2) is 46.9 Å². The minimum atomic E-state index is -0.135. The van der Waals surface area contributed by atoms with Gasteiger partial charge in [0.15, 0.2) is 0 Å². The molecule has 2 aromatic rings. The van der Waals surface area contributed by atoms with Crippen molar-refractivity contribution >= 4 is 27.5 Å². The molecule has 100 valence electrons. The van der Waals surface area contributed by atoms with Gasteiger partial charge in [-0.3, -0.25) is 0 Å². The molecule has 19 heavy (non-hydrogen) atoms. The van der Waals surface area contributed by atoms with Crippen molar-refractivity contribution in [1.29, 1.82) is 0 Å². The van der Waals surface area contributed by atoms with E-state index in [2.05, 4.69) is 35.0 Å². The van der Waals surface area contributed by atoms with Gasteiger partial charge >= 0.3 is 0 Å². The van der Waals surface area contributed by atoms with E-state index < -0.39 is 0 Å². The zero-order chi connectivity index (χ0) is 13.8. The van der Waals surface area contributed by atoms with Crippen LogP contribution in [0.25, 0.3) is 0 Å². The van der Waals surface area contributed by atoms with Crippen molar-refractivity contribution in [2.45, 2.75) is 19.2 Å².